The molecule has 0 amide bonds. The molecule has 0 saturated heterocycles. The summed E-state index contributed by atoms with van der Waals surface area (Å²) in [6, 6.07) is 5.15. The summed E-state index contributed by atoms with van der Waals surface area (Å²) >= 11 is 12.2. The Hall–Kier alpha value is -0.770. The molecular weight excluding hydrogens is 309 g/mol. The maximum absolute atomic E-state index is 11.9. The quantitative estimate of drug-likeness (QED) is 0.793. The molecule has 0 heterocycles. The normalized spacial score (nSPS) is 19.8. The number of carboxylic acid groups (broad SMARTS) is 1. The van der Waals surface area contributed by atoms with Gasteiger partial charge in [0, 0.05) is 21.7 Å². The van der Waals surface area contributed by atoms with Gasteiger partial charge in [-0.2, -0.15) is 0 Å². The number of nitrogens with one attached hydrogen (secondary N) is 1. The molecule has 21 heavy (non-hydrogen) atoms. The van der Waals surface area contributed by atoms with Crippen LogP contribution in [0.1, 0.15) is 51.0 Å². The smallest absolute Gasteiger partial charge is 0.328 e. The molecule has 1 aromatic carbocycles. The van der Waals surface area contributed by atoms with Gasteiger partial charge < -0.3 is 5.11 Å². The lowest BCUT2D eigenvalue weighted by Gasteiger charge is -2.32. The molecule has 1 aliphatic rings. The number of benzene rings is 1. The topological polar surface area (TPSA) is 49.3 Å². The SMILES string of the molecule is CC(NC1CCCCCC1)(C(=O)O)c1cc(Cl)ccc1Cl. The first-order valence-corrected chi connectivity index (χ1v) is 8.15. The Balaban J connectivity index is 2.31. The molecule has 1 aromatic rings. The van der Waals surface area contributed by atoms with Crippen LogP contribution in [0.25, 0.3) is 0 Å². The monoisotopic (exact) mass is 329 g/mol. The fourth-order valence-electron chi connectivity index (χ4n) is 2.97. The van der Waals surface area contributed by atoms with E-state index in [9.17, 15) is 9.90 Å². The molecule has 0 aromatic heterocycles. The second-order valence-corrected chi connectivity index (χ2v) is 6.73. The number of rotatable bonds is 4. The fraction of sp³-hybridized carbons (Fsp3) is 0.562. The molecule has 0 spiro atoms. The average molecular weight is 330 g/mol. The molecule has 2 N–H and O–H groups in total. The number of hydrogen-bond acceptors (Lipinski definition) is 2. The zero-order valence-corrected chi connectivity index (χ0v) is 13.7. The van der Waals surface area contributed by atoms with Gasteiger partial charge in [0.25, 0.3) is 0 Å². The third-order valence-corrected chi connectivity index (χ3v) is 4.81. The average Bonchev–Trinajstić information content (AvgIpc) is 2.69. The van der Waals surface area contributed by atoms with E-state index in [1.807, 2.05) is 0 Å². The number of carbonyl (C=O) groups is 1. The number of carboxylic acids is 1. The van der Waals surface area contributed by atoms with Gasteiger partial charge in [-0.05, 0) is 38.0 Å². The van der Waals surface area contributed by atoms with E-state index in [1.165, 1.54) is 12.8 Å². The highest BCUT2D eigenvalue weighted by Crippen LogP contribution is 2.32. The van der Waals surface area contributed by atoms with Gasteiger partial charge in [0.2, 0.25) is 0 Å². The van der Waals surface area contributed by atoms with E-state index >= 15 is 0 Å². The summed E-state index contributed by atoms with van der Waals surface area (Å²) in [6.45, 7) is 1.66. The number of aliphatic carboxylic acids is 1. The highest BCUT2D eigenvalue weighted by atomic mass is 35.5. The third-order valence-electron chi connectivity index (χ3n) is 4.24. The van der Waals surface area contributed by atoms with Gasteiger partial charge in [0.05, 0.1) is 0 Å². The molecule has 5 heteroatoms. The van der Waals surface area contributed by atoms with E-state index < -0.39 is 11.5 Å². The van der Waals surface area contributed by atoms with E-state index in [1.54, 1.807) is 25.1 Å². The van der Waals surface area contributed by atoms with Gasteiger partial charge >= 0.3 is 5.97 Å². The summed E-state index contributed by atoms with van der Waals surface area (Å²) in [5.41, 5.74) is -0.704. The van der Waals surface area contributed by atoms with Crippen molar-refractivity contribution in [2.24, 2.45) is 0 Å². The van der Waals surface area contributed by atoms with Gasteiger partial charge in [-0.15, -0.1) is 0 Å². The van der Waals surface area contributed by atoms with Crippen LogP contribution >= 0.6 is 23.2 Å². The number of hydrogen-bond donors (Lipinski definition) is 2. The molecule has 0 aliphatic heterocycles. The van der Waals surface area contributed by atoms with Crippen LogP contribution in [0, 0.1) is 0 Å². The minimum Gasteiger partial charge on any atom is -0.480 e. The van der Waals surface area contributed by atoms with Gasteiger partial charge in [-0.1, -0.05) is 48.9 Å². The van der Waals surface area contributed by atoms with Gasteiger partial charge in [-0.25, -0.2) is 4.79 Å². The maximum Gasteiger partial charge on any atom is 0.328 e. The van der Waals surface area contributed by atoms with E-state index in [0.29, 0.717) is 15.6 Å². The summed E-state index contributed by atoms with van der Waals surface area (Å²) in [5.74, 6) is -0.934. The molecule has 0 radical (unpaired) electrons. The number of halogens is 2. The molecule has 1 unspecified atom stereocenters. The van der Waals surface area contributed by atoms with Crippen molar-refractivity contribution in [3.8, 4) is 0 Å². The molecule has 116 valence electrons. The molecule has 1 atom stereocenters. The highest BCUT2D eigenvalue weighted by Gasteiger charge is 2.38. The summed E-state index contributed by atoms with van der Waals surface area (Å²) in [4.78, 5) is 11.9. The molecule has 1 saturated carbocycles. The minimum absolute atomic E-state index is 0.198. The Bertz CT molecular complexity index is 513. The van der Waals surface area contributed by atoms with Crippen molar-refractivity contribution in [1.29, 1.82) is 0 Å². The van der Waals surface area contributed by atoms with Gasteiger partial charge in [-0.3, -0.25) is 5.32 Å². The minimum atomic E-state index is -1.23. The van der Waals surface area contributed by atoms with Crippen LogP contribution in [0.5, 0.6) is 0 Å². The Morgan fingerprint density at radius 1 is 1.24 bits per heavy atom. The first kappa shape index (κ1) is 16.6. The van der Waals surface area contributed by atoms with Gasteiger partial charge in [0.1, 0.15) is 5.54 Å². The summed E-state index contributed by atoms with van der Waals surface area (Å²) < 4.78 is 0. The lowest BCUT2D eigenvalue weighted by atomic mass is 9.90. The van der Waals surface area contributed by atoms with Crippen LogP contribution in [-0.4, -0.2) is 17.1 Å². The largest absolute Gasteiger partial charge is 0.480 e. The molecular formula is C16H21Cl2NO2. The van der Waals surface area contributed by atoms with Crippen LogP contribution in [0.15, 0.2) is 18.2 Å². The van der Waals surface area contributed by atoms with E-state index in [0.717, 1.165) is 25.7 Å². The Morgan fingerprint density at radius 3 is 2.43 bits per heavy atom. The lowest BCUT2D eigenvalue weighted by molar-refractivity contribution is -0.145. The molecule has 2 rings (SSSR count). The van der Waals surface area contributed by atoms with Crippen molar-refractivity contribution >= 4 is 29.2 Å². The van der Waals surface area contributed by atoms with Gasteiger partial charge in [0.15, 0.2) is 0 Å². The molecule has 1 fully saturated rings. The summed E-state index contributed by atoms with van der Waals surface area (Å²) in [5, 5.41) is 14.0. The highest BCUT2D eigenvalue weighted by molar-refractivity contribution is 6.33. The van der Waals surface area contributed by atoms with Crippen molar-refractivity contribution in [1.82, 2.24) is 5.32 Å². The Kier molecular flexibility index (Phi) is 5.53. The summed E-state index contributed by atoms with van der Waals surface area (Å²) in [6.07, 6.45) is 6.72. The molecule has 1 aliphatic carbocycles. The second-order valence-electron chi connectivity index (χ2n) is 5.89. The zero-order chi connectivity index (χ0) is 15.5. The Morgan fingerprint density at radius 2 is 1.86 bits per heavy atom. The van der Waals surface area contributed by atoms with E-state index in [2.05, 4.69) is 5.32 Å². The van der Waals surface area contributed by atoms with Crippen molar-refractivity contribution < 1.29 is 9.90 Å². The Labute approximate surface area is 135 Å². The zero-order valence-electron chi connectivity index (χ0n) is 12.2. The third kappa shape index (κ3) is 3.91. The van der Waals surface area contributed by atoms with Crippen LogP contribution in [-0.2, 0) is 10.3 Å². The predicted molar refractivity (Wildman–Crippen MR) is 86.1 cm³/mol. The predicted octanol–water partition coefficient (Wildman–Crippen LogP) is 4.61. The first-order chi connectivity index (χ1) is 9.93. The summed E-state index contributed by atoms with van der Waals surface area (Å²) in [7, 11) is 0. The molecule has 0 bridgehead atoms. The van der Waals surface area contributed by atoms with E-state index in [4.69, 9.17) is 23.2 Å². The van der Waals surface area contributed by atoms with E-state index in [-0.39, 0.29) is 6.04 Å². The second kappa shape index (κ2) is 6.99. The van der Waals surface area contributed by atoms with Crippen molar-refractivity contribution in [3.63, 3.8) is 0 Å². The van der Waals surface area contributed by atoms with Crippen LogP contribution < -0.4 is 5.32 Å². The first-order valence-electron chi connectivity index (χ1n) is 7.40. The standard InChI is InChI=1S/C16H21Cl2NO2/c1-16(15(20)21,13-10-11(17)8-9-14(13)18)19-12-6-4-2-3-5-7-12/h8-10,12,19H,2-7H2,1H3,(H,20,21). The van der Waals surface area contributed by atoms with Crippen LogP contribution in [0.4, 0.5) is 0 Å². The maximum atomic E-state index is 11.9. The van der Waals surface area contributed by atoms with Crippen molar-refractivity contribution in [2.45, 2.75) is 57.0 Å². The lowest BCUT2D eigenvalue weighted by Crippen LogP contribution is -2.51. The van der Waals surface area contributed by atoms with Crippen molar-refractivity contribution in [3.05, 3.63) is 33.8 Å². The molecule has 3 nitrogen and oxygen atoms in total. The fourth-order valence-corrected chi connectivity index (χ4v) is 3.45. The van der Waals surface area contributed by atoms with Crippen LogP contribution in [0.2, 0.25) is 10.0 Å². The van der Waals surface area contributed by atoms with Crippen molar-refractivity contribution in [2.75, 3.05) is 0 Å². The van der Waals surface area contributed by atoms with Crippen LogP contribution in [0.3, 0.4) is 0 Å².